The van der Waals surface area contributed by atoms with Crippen LogP contribution in [-0.2, 0) is 20.7 Å². The van der Waals surface area contributed by atoms with Crippen molar-refractivity contribution in [2.24, 2.45) is 0 Å². The van der Waals surface area contributed by atoms with Crippen LogP contribution in [0.25, 0.3) is 22.0 Å². The molecular formula is C25H22N2O5S. The monoisotopic (exact) mass is 462 g/mol. The van der Waals surface area contributed by atoms with Crippen molar-refractivity contribution in [2.75, 3.05) is 26.1 Å². The van der Waals surface area contributed by atoms with Crippen LogP contribution in [0.5, 0.6) is 11.5 Å². The molecule has 0 unspecified atom stereocenters. The van der Waals surface area contributed by atoms with Gasteiger partial charge in [0.1, 0.15) is 0 Å². The van der Waals surface area contributed by atoms with Crippen LogP contribution in [0.3, 0.4) is 0 Å². The summed E-state index contributed by atoms with van der Waals surface area (Å²) in [6.07, 6.45) is 0.0926. The fourth-order valence-corrected chi connectivity index (χ4v) is 4.15. The maximum Gasteiger partial charge on any atom is 0.310 e. The molecule has 4 rings (SSSR count). The molecule has 0 aliphatic carbocycles. The van der Waals surface area contributed by atoms with E-state index in [0.29, 0.717) is 22.3 Å². The molecule has 7 nitrogen and oxygen atoms in total. The van der Waals surface area contributed by atoms with Crippen LogP contribution >= 0.6 is 11.3 Å². The Hall–Kier alpha value is -3.91. The summed E-state index contributed by atoms with van der Waals surface area (Å²) in [5, 5.41) is 6.95. The summed E-state index contributed by atoms with van der Waals surface area (Å²) >= 11 is 1.28. The average molecular weight is 463 g/mol. The van der Waals surface area contributed by atoms with E-state index in [1.165, 1.54) is 11.3 Å². The zero-order valence-electron chi connectivity index (χ0n) is 18.2. The predicted molar refractivity (Wildman–Crippen MR) is 128 cm³/mol. The van der Waals surface area contributed by atoms with E-state index in [0.717, 1.165) is 21.9 Å². The van der Waals surface area contributed by atoms with Crippen LogP contribution in [0.1, 0.15) is 5.56 Å². The van der Waals surface area contributed by atoms with Gasteiger partial charge in [0, 0.05) is 10.9 Å². The number of carbonyl (C=O) groups is 2. The summed E-state index contributed by atoms with van der Waals surface area (Å²) in [7, 11) is 3.14. The molecule has 4 aromatic rings. The maximum absolute atomic E-state index is 12.3. The van der Waals surface area contributed by atoms with Crippen LogP contribution in [0, 0.1) is 0 Å². The fourth-order valence-electron chi connectivity index (χ4n) is 3.41. The van der Waals surface area contributed by atoms with Gasteiger partial charge in [0.15, 0.2) is 23.2 Å². The molecule has 1 N–H and O–H groups in total. The van der Waals surface area contributed by atoms with E-state index in [-0.39, 0.29) is 13.0 Å². The number of benzene rings is 3. The Morgan fingerprint density at radius 2 is 1.76 bits per heavy atom. The molecule has 1 amide bonds. The Kier molecular flexibility index (Phi) is 6.85. The highest BCUT2D eigenvalue weighted by molar-refractivity contribution is 7.14. The largest absolute Gasteiger partial charge is 0.493 e. The van der Waals surface area contributed by atoms with Crippen molar-refractivity contribution < 1.29 is 23.8 Å². The van der Waals surface area contributed by atoms with Gasteiger partial charge >= 0.3 is 5.97 Å². The standard InChI is InChI=1S/C25H22N2O5S/c1-30-21-11-10-18(12-22(21)31-2)20-15-33-25(26-20)27-23(28)14-32-24(29)13-17-8-5-7-16-6-3-4-9-19(16)17/h3-12,15H,13-14H2,1-2H3,(H,26,27,28). The number of aromatic nitrogens is 1. The topological polar surface area (TPSA) is 86.8 Å². The lowest BCUT2D eigenvalue weighted by Crippen LogP contribution is -2.21. The molecular weight excluding hydrogens is 440 g/mol. The second-order valence-electron chi connectivity index (χ2n) is 7.13. The molecule has 8 heteroatoms. The molecule has 0 aliphatic heterocycles. The lowest BCUT2D eigenvalue weighted by Gasteiger charge is -2.08. The molecule has 0 saturated heterocycles. The lowest BCUT2D eigenvalue weighted by molar-refractivity contribution is -0.146. The number of fused-ring (bicyclic) bond motifs is 1. The first-order chi connectivity index (χ1) is 16.1. The Bertz CT molecular complexity index is 1300. The number of methoxy groups -OCH3 is 2. The van der Waals surface area contributed by atoms with E-state index < -0.39 is 11.9 Å². The minimum Gasteiger partial charge on any atom is -0.493 e. The van der Waals surface area contributed by atoms with Gasteiger partial charge in [0.25, 0.3) is 5.91 Å². The van der Waals surface area contributed by atoms with Crippen LogP contribution in [-0.4, -0.2) is 37.7 Å². The summed E-state index contributed by atoms with van der Waals surface area (Å²) in [6.45, 7) is -0.380. The number of nitrogens with one attached hydrogen (secondary N) is 1. The quantitative estimate of drug-likeness (QED) is 0.382. The van der Waals surface area contributed by atoms with Crippen molar-refractivity contribution in [3.63, 3.8) is 0 Å². The molecule has 0 fully saturated rings. The van der Waals surface area contributed by atoms with Crippen LogP contribution in [0.15, 0.2) is 66.0 Å². The van der Waals surface area contributed by atoms with E-state index in [1.54, 1.807) is 20.3 Å². The number of anilines is 1. The second kappa shape index (κ2) is 10.1. The maximum atomic E-state index is 12.3. The van der Waals surface area contributed by atoms with Crippen molar-refractivity contribution >= 4 is 39.1 Å². The molecule has 0 bridgehead atoms. The number of thiazole rings is 1. The van der Waals surface area contributed by atoms with E-state index in [2.05, 4.69) is 10.3 Å². The first kappa shape index (κ1) is 22.3. The van der Waals surface area contributed by atoms with Gasteiger partial charge in [-0.15, -0.1) is 11.3 Å². The third-order valence-electron chi connectivity index (χ3n) is 5.01. The summed E-state index contributed by atoms with van der Waals surface area (Å²) in [5.74, 6) is 0.295. The summed E-state index contributed by atoms with van der Waals surface area (Å²) in [6, 6.07) is 19.1. The van der Waals surface area contributed by atoms with Crippen molar-refractivity contribution in [3.8, 4) is 22.8 Å². The van der Waals surface area contributed by atoms with Crippen molar-refractivity contribution in [2.45, 2.75) is 6.42 Å². The van der Waals surface area contributed by atoms with Crippen LogP contribution in [0.4, 0.5) is 5.13 Å². The van der Waals surface area contributed by atoms with Gasteiger partial charge in [-0.1, -0.05) is 42.5 Å². The van der Waals surface area contributed by atoms with Gasteiger partial charge in [-0.25, -0.2) is 4.98 Å². The van der Waals surface area contributed by atoms with Crippen molar-refractivity contribution in [1.82, 2.24) is 4.98 Å². The second-order valence-corrected chi connectivity index (χ2v) is 7.99. The highest BCUT2D eigenvalue weighted by atomic mass is 32.1. The van der Waals surface area contributed by atoms with Crippen molar-refractivity contribution in [3.05, 3.63) is 71.6 Å². The average Bonchev–Trinajstić information content (AvgIpc) is 3.31. The van der Waals surface area contributed by atoms with E-state index in [4.69, 9.17) is 14.2 Å². The Morgan fingerprint density at radius 3 is 2.58 bits per heavy atom. The van der Waals surface area contributed by atoms with Crippen LogP contribution < -0.4 is 14.8 Å². The number of rotatable bonds is 8. The van der Waals surface area contributed by atoms with Crippen molar-refractivity contribution in [1.29, 1.82) is 0 Å². The molecule has 0 atom stereocenters. The number of amides is 1. The molecule has 168 valence electrons. The molecule has 1 heterocycles. The van der Waals surface area contributed by atoms with Gasteiger partial charge in [-0.2, -0.15) is 0 Å². The number of nitrogens with zero attached hydrogens (tertiary/aromatic N) is 1. The highest BCUT2D eigenvalue weighted by Gasteiger charge is 2.13. The first-order valence-corrected chi connectivity index (χ1v) is 11.1. The van der Waals surface area contributed by atoms with Gasteiger partial charge < -0.3 is 14.2 Å². The number of hydrogen-bond donors (Lipinski definition) is 1. The third-order valence-corrected chi connectivity index (χ3v) is 5.77. The number of ether oxygens (including phenoxy) is 3. The molecule has 0 radical (unpaired) electrons. The summed E-state index contributed by atoms with van der Waals surface area (Å²) < 4.78 is 15.7. The highest BCUT2D eigenvalue weighted by Crippen LogP contribution is 2.33. The minimum atomic E-state index is -0.466. The molecule has 0 saturated carbocycles. The number of esters is 1. The van der Waals surface area contributed by atoms with E-state index in [9.17, 15) is 9.59 Å². The van der Waals surface area contributed by atoms with Gasteiger partial charge in [-0.3, -0.25) is 14.9 Å². The third kappa shape index (κ3) is 5.30. The van der Waals surface area contributed by atoms with Gasteiger partial charge in [0.2, 0.25) is 0 Å². The smallest absolute Gasteiger partial charge is 0.310 e. The fraction of sp³-hybridized carbons (Fsp3) is 0.160. The predicted octanol–water partition coefficient (Wildman–Crippen LogP) is 4.70. The van der Waals surface area contributed by atoms with Gasteiger partial charge in [-0.05, 0) is 34.5 Å². The molecule has 3 aromatic carbocycles. The van der Waals surface area contributed by atoms with E-state index in [1.807, 2.05) is 60.0 Å². The lowest BCUT2D eigenvalue weighted by atomic mass is 10.0. The normalized spacial score (nSPS) is 10.6. The summed E-state index contributed by atoms with van der Waals surface area (Å²) in [4.78, 5) is 29.0. The zero-order chi connectivity index (χ0) is 23.2. The zero-order valence-corrected chi connectivity index (χ0v) is 19.0. The van der Waals surface area contributed by atoms with E-state index >= 15 is 0 Å². The summed E-state index contributed by atoms with van der Waals surface area (Å²) in [5.41, 5.74) is 2.37. The SMILES string of the molecule is COc1ccc(-c2csc(NC(=O)COC(=O)Cc3cccc4ccccc34)n2)cc1OC. The van der Waals surface area contributed by atoms with Crippen LogP contribution in [0.2, 0.25) is 0 Å². The molecule has 33 heavy (non-hydrogen) atoms. The Balaban J connectivity index is 1.33. The number of carbonyl (C=O) groups excluding carboxylic acids is 2. The Labute approximate surface area is 194 Å². The Morgan fingerprint density at radius 1 is 0.970 bits per heavy atom. The minimum absolute atomic E-state index is 0.0926. The molecule has 0 spiro atoms. The van der Waals surface area contributed by atoms with Gasteiger partial charge in [0.05, 0.1) is 26.3 Å². The number of hydrogen-bond acceptors (Lipinski definition) is 7. The molecule has 1 aromatic heterocycles. The molecule has 0 aliphatic rings. The first-order valence-electron chi connectivity index (χ1n) is 10.2.